The van der Waals surface area contributed by atoms with Crippen molar-refractivity contribution in [3.63, 3.8) is 0 Å². The number of rotatable bonds is 7. The molecule has 0 unspecified atom stereocenters. The van der Waals surface area contributed by atoms with Crippen molar-refractivity contribution in [3.05, 3.63) is 104 Å². The molecule has 0 N–H and O–H groups in total. The van der Waals surface area contributed by atoms with Crippen molar-refractivity contribution in [2.75, 3.05) is 31.1 Å². The fraction of sp³-hybridized carbons (Fsp3) is 0.200. The minimum atomic E-state index is -4.41. The van der Waals surface area contributed by atoms with E-state index in [1.54, 1.807) is 28.5 Å². The van der Waals surface area contributed by atoms with E-state index in [-0.39, 0.29) is 5.91 Å². The van der Waals surface area contributed by atoms with Gasteiger partial charge in [0.25, 0.3) is 5.91 Å². The second-order valence-electron chi connectivity index (χ2n) is 9.82. The van der Waals surface area contributed by atoms with E-state index in [4.69, 9.17) is 23.2 Å². The quantitative estimate of drug-likeness (QED) is 0.163. The second kappa shape index (κ2) is 12.8. The molecule has 0 saturated carbocycles. The summed E-state index contributed by atoms with van der Waals surface area (Å²) < 4.78 is 41.3. The Balaban J connectivity index is 1.14. The predicted molar refractivity (Wildman–Crippen MR) is 168 cm³/mol. The molecule has 14 heteroatoms. The van der Waals surface area contributed by atoms with Crippen LogP contribution in [0.3, 0.4) is 0 Å². The van der Waals surface area contributed by atoms with E-state index in [9.17, 15) is 18.0 Å². The molecular formula is C30H23Cl2F3N6OS2. The summed E-state index contributed by atoms with van der Waals surface area (Å²) in [6, 6.07) is 20.0. The van der Waals surface area contributed by atoms with Gasteiger partial charge in [-0.3, -0.25) is 9.36 Å². The van der Waals surface area contributed by atoms with Crippen molar-refractivity contribution in [1.29, 1.82) is 0 Å². The van der Waals surface area contributed by atoms with Gasteiger partial charge in [0.05, 0.1) is 27.0 Å². The van der Waals surface area contributed by atoms with Crippen LogP contribution in [0.2, 0.25) is 10.0 Å². The maximum Gasteiger partial charge on any atom is 0.416 e. The van der Waals surface area contributed by atoms with Gasteiger partial charge in [0.1, 0.15) is 10.7 Å². The van der Waals surface area contributed by atoms with Crippen LogP contribution in [-0.2, 0) is 11.9 Å². The normalized spacial score (nSPS) is 13.8. The van der Waals surface area contributed by atoms with Crippen molar-refractivity contribution in [3.8, 4) is 17.1 Å². The van der Waals surface area contributed by atoms with E-state index in [2.05, 4.69) is 15.2 Å². The van der Waals surface area contributed by atoms with Gasteiger partial charge in [0.15, 0.2) is 11.0 Å². The lowest BCUT2D eigenvalue weighted by Crippen LogP contribution is -2.49. The molecule has 1 aliphatic rings. The van der Waals surface area contributed by atoms with Crippen molar-refractivity contribution in [1.82, 2.24) is 24.6 Å². The number of carbonyl (C=O) groups excluding carboxylic acids is 1. The summed E-state index contributed by atoms with van der Waals surface area (Å²) in [5.41, 5.74) is 1.55. The van der Waals surface area contributed by atoms with Crippen LogP contribution in [0.1, 0.15) is 21.1 Å². The number of carbonyl (C=O) groups is 1. The van der Waals surface area contributed by atoms with Gasteiger partial charge in [-0.1, -0.05) is 65.3 Å². The van der Waals surface area contributed by atoms with Gasteiger partial charge in [-0.05, 0) is 42.5 Å². The van der Waals surface area contributed by atoms with Crippen molar-refractivity contribution in [2.45, 2.75) is 17.1 Å². The number of anilines is 1. The van der Waals surface area contributed by atoms with Gasteiger partial charge in [-0.25, -0.2) is 4.98 Å². The predicted octanol–water partition coefficient (Wildman–Crippen LogP) is 7.97. The first-order valence-corrected chi connectivity index (χ1v) is 16.0. The molecule has 5 aromatic rings. The average molecular weight is 676 g/mol. The van der Waals surface area contributed by atoms with Crippen LogP contribution in [0.5, 0.6) is 0 Å². The molecule has 1 saturated heterocycles. The number of thiazole rings is 1. The maximum absolute atomic E-state index is 13.2. The lowest BCUT2D eigenvalue weighted by atomic mass is 10.1. The summed E-state index contributed by atoms with van der Waals surface area (Å²) in [6.45, 7) is 1.60. The number of halogens is 5. The Bertz CT molecular complexity index is 1800. The van der Waals surface area contributed by atoms with Crippen molar-refractivity contribution >= 4 is 57.9 Å². The Labute approximate surface area is 269 Å². The van der Waals surface area contributed by atoms with E-state index >= 15 is 0 Å². The van der Waals surface area contributed by atoms with Gasteiger partial charge >= 0.3 is 6.18 Å². The number of amides is 1. The number of aromatic nitrogens is 4. The summed E-state index contributed by atoms with van der Waals surface area (Å²) in [4.78, 5) is 21.3. The highest BCUT2D eigenvalue weighted by atomic mass is 35.5. The molecule has 1 fully saturated rings. The minimum absolute atomic E-state index is 0.207. The number of hydrogen-bond acceptors (Lipinski definition) is 7. The minimum Gasteiger partial charge on any atom is -0.368 e. The number of piperazine rings is 1. The third-order valence-corrected chi connectivity index (χ3v) is 9.66. The van der Waals surface area contributed by atoms with Crippen molar-refractivity contribution in [2.24, 2.45) is 0 Å². The van der Waals surface area contributed by atoms with Crippen LogP contribution in [0.15, 0.2) is 83.3 Å². The molecule has 0 atom stereocenters. The van der Waals surface area contributed by atoms with E-state index in [0.29, 0.717) is 75.6 Å². The molecule has 2 aromatic heterocycles. The summed E-state index contributed by atoms with van der Waals surface area (Å²) in [7, 11) is 0. The zero-order valence-electron chi connectivity index (χ0n) is 22.8. The number of para-hydroxylation sites is 1. The topological polar surface area (TPSA) is 67.2 Å². The van der Waals surface area contributed by atoms with Crippen LogP contribution in [0.4, 0.5) is 18.9 Å². The van der Waals surface area contributed by atoms with Gasteiger partial charge in [-0.2, -0.15) is 13.2 Å². The lowest BCUT2D eigenvalue weighted by molar-refractivity contribution is -0.137. The van der Waals surface area contributed by atoms with Crippen LogP contribution in [-0.4, -0.2) is 56.7 Å². The lowest BCUT2D eigenvalue weighted by Gasteiger charge is -2.36. The van der Waals surface area contributed by atoms with Crippen LogP contribution < -0.4 is 4.90 Å². The van der Waals surface area contributed by atoms with Gasteiger partial charge in [-0.15, -0.1) is 21.5 Å². The van der Waals surface area contributed by atoms with E-state index in [1.807, 2.05) is 45.9 Å². The SMILES string of the molecule is O=C(c1csc(CSc2nnc(-c3ccccc3Cl)n2-c2ccccc2Cl)n1)N1CCN(c2cccc(C(F)(F)F)c2)CC1. The number of benzene rings is 3. The molecular weight excluding hydrogens is 652 g/mol. The zero-order chi connectivity index (χ0) is 30.8. The molecule has 1 aliphatic heterocycles. The maximum atomic E-state index is 13.2. The second-order valence-corrected chi connectivity index (χ2v) is 12.5. The Hall–Kier alpha value is -3.58. The monoisotopic (exact) mass is 674 g/mol. The molecule has 1 amide bonds. The zero-order valence-corrected chi connectivity index (χ0v) is 26.0. The van der Waals surface area contributed by atoms with Crippen LogP contribution >= 0.6 is 46.3 Å². The highest BCUT2D eigenvalue weighted by molar-refractivity contribution is 7.98. The van der Waals surface area contributed by atoms with Crippen molar-refractivity contribution < 1.29 is 18.0 Å². The van der Waals surface area contributed by atoms with Gasteiger partial charge in [0.2, 0.25) is 0 Å². The summed E-state index contributed by atoms with van der Waals surface area (Å²) >= 11 is 15.8. The summed E-state index contributed by atoms with van der Waals surface area (Å²) in [5, 5.41) is 13.0. The molecule has 0 spiro atoms. The first kappa shape index (κ1) is 30.4. The standard InChI is InChI=1S/C30H23Cl2F3N6OS2/c31-22-9-2-1-8-21(22)27-37-38-29(41(27)25-11-4-3-10-23(25)32)44-18-26-36-24(17-43-26)28(42)40-14-12-39(13-15-40)20-7-5-6-19(16-20)30(33,34)35/h1-11,16-17H,12-15,18H2. The molecule has 7 nitrogen and oxygen atoms in total. The molecule has 3 aromatic carbocycles. The van der Waals surface area contributed by atoms with Crippen LogP contribution in [0.25, 0.3) is 17.1 Å². The molecule has 3 heterocycles. The molecule has 0 aliphatic carbocycles. The van der Waals surface area contributed by atoms with E-state index in [1.165, 1.54) is 29.2 Å². The number of nitrogens with zero attached hydrogens (tertiary/aromatic N) is 6. The smallest absolute Gasteiger partial charge is 0.368 e. The van der Waals surface area contributed by atoms with E-state index in [0.717, 1.165) is 17.1 Å². The summed E-state index contributed by atoms with van der Waals surface area (Å²) in [6.07, 6.45) is -4.41. The highest BCUT2D eigenvalue weighted by Crippen LogP contribution is 2.36. The number of hydrogen-bond donors (Lipinski definition) is 0. The van der Waals surface area contributed by atoms with E-state index < -0.39 is 11.7 Å². The van der Waals surface area contributed by atoms with Crippen LogP contribution in [0, 0.1) is 0 Å². The molecule has 0 radical (unpaired) electrons. The Morgan fingerprint density at radius 2 is 1.64 bits per heavy atom. The Morgan fingerprint density at radius 3 is 2.36 bits per heavy atom. The fourth-order valence-electron chi connectivity index (χ4n) is 4.84. The first-order valence-electron chi connectivity index (χ1n) is 13.4. The fourth-order valence-corrected chi connectivity index (χ4v) is 7.01. The summed E-state index contributed by atoms with van der Waals surface area (Å²) in [5.74, 6) is 0.777. The van der Waals surface area contributed by atoms with Gasteiger partial charge < -0.3 is 9.80 Å². The molecule has 226 valence electrons. The Morgan fingerprint density at radius 1 is 0.909 bits per heavy atom. The highest BCUT2D eigenvalue weighted by Gasteiger charge is 2.31. The molecule has 44 heavy (non-hydrogen) atoms. The average Bonchev–Trinajstić information content (AvgIpc) is 3.67. The number of thioether (sulfide) groups is 1. The number of alkyl halides is 3. The third kappa shape index (κ3) is 6.44. The molecule has 0 bridgehead atoms. The van der Waals surface area contributed by atoms with Gasteiger partial charge in [0, 0.05) is 42.8 Å². The Kier molecular flexibility index (Phi) is 8.86. The first-order chi connectivity index (χ1) is 21.2. The third-order valence-electron chi connectivity index (χ3n) is 7.04. The largest absolute Gasteiger partial charge is 0.416 e. The molecule has 6 rings (SSSR count).